The van der Waals surface area contributed by atoms with Crippen LogP contribution in [0, 0.1) is 5.82 Å². The average molecular weight is 367 g/mol. The summed E-state index contributed by atoms with van der Waals surface area (Å²) in [6.07, 6.45) is 0.126. The van der Waals surface area contributed by atoms with E-state index in [9.17, 15) is 4.39 Å². The first-order chi connectivity index (χ1) is 12.0. The standard InChI is InChI=1S/C17H18ClFN2O.CH2O2/c1-11-9-20-10-17(22-11)21-14-4-2-3-12(7-14)13-5-6-16(19)15(18)8-13;2-1-3/h2-8,11,17,20-21H,9-10H2,1H3;1H,(H,2,3). The molecule has 1 aliphatic rings. The van der Waals surface area contributed by atoms with Crippen molar-refractivity contribution in [2.75, 3.05) is 18.4 Å². The van der Waals surface area contributed by atoms with Gasteiger partial charge in [-0.15, -0.1) is 0 Å². The van der Waals surface area contributed by atoms with Gasteiger partial charge in [-0.3, -0.25) is 4.79 Å². The van der Waals surface area contributed by atoms with Crippen molar-refractivity contribution in [1.82, 2.24) is 5.32 Å². The number of anilines is 1. The van der Waals surface area contributed by atoms with Crippen molar-refractivity contribution in [2.24, 2.45) is 0 Å². The van der Waals surface area contributed by atoms with Gasteiger partial charge in [0.25, 0.3) is 6.47 Å². The van der Waals surface area contributed by atoms with Crippen molar-refractivity contribution in [3.8, 4) is 11.1 Å². The summed E-state index contributed by atoms with van der Waals surface area (Å²) < 4.78 is 19.1. The van der Waals surface area contributed by atoms with Crippen LogP contribution in [0.4, 0.5) is 10.1 Å². The van der Waals surface area contributed by atoms with E-state index < -0.39 is 5.82 Å². The number of hydrogen-bond donors (Lipinski definition) is 3. The van der Waals surface area contributed by atoms with Crippen LogP contribution in [0.1, 0.15) is 6.92 Å². The number of carboxylic acid groups (broad SMARTS) is 1. The summed E-state index contributed by atoms with van der Waals surface area (Å²) in [5.41, 5.74) is 2.81. The molecule has 5 nitrogen and oxygen atoms in total. The average Bonchev–Trinajstić information content (AvgIpc) is 2.58. The second kappa shape index (κ2) is 9.36. The molecular weight excluding hydrogens is 347 g/mol. The summed E-state index contributed by atoms with van der Waals surface area (Å²) in [6.45, 7) is 3.42. The molecule has 0 radical (unpaired) electrons. The van der Waals surface area contributed by atoms with E-state index in [0.717, 1.165) is 29.9 Å². The monoisotopic (exact) mass is 366 g/mol. The molecule has 1 fully saturated rings. The van der Waals surface area contributed by atoms with Gasteiger partial charge in [0.15, 0.2) is 0 Å². The SMILES string of the molecule is CC1CNCC(Nc2cccc(-c3ccc(F)c(Cl)c3)c2)O1.O=CO. The Morgan fingerprint density at radius 3 is 2.68 bits per heavy atom. The van der Waals surface area contributed by atoms with Gasteiger partial charge < -0.3 is 20.5 Å². The molecule has 2 aromatic carbocycles. The highest BCUT2D eigenvalue weighted by atomic mass is 35.5. The zero-order chi connectivity index (χ0) is 18.2. The maximum absolute atomic E-state index is 13.3. The van der Waals surface area contributed by atoms with Crippen molar-refractivity contribution in [3.05, 3.63) is 53.3 Å². The molecule has 2 atom stereocenters. The molecule has 0 saturated carbocycles. The topological polar surface area (TPSA) is 70.6 Å². The third-order valence-electron chi connectivity index (χ3n) is 3.60. The lowest BCUT2D eigenvalue weighted by molar-refractivity contribution is -0.122. The summed E-state index contributed by atoms with van der Waals surface area (Å²) in [6, 6.07) is 12.7. The molecule has 1 aliphatic heterocycles. The predicted octanol–water partition coefficient (Wildman–Crippen LogP) is 3.59. The van der Waals surface area contributed by atoms with Crippen LogP contribution in [0.3, 0.4) is 0 Å². The molecule has 0 amide bonds. The second-order valence-corrected chi connectivity index (χ2v) is 5.96. The first kappa shape index (κ1) is 19.2. The van der Waals surface area contributed by atoms with Gasteiger partial charge in [-0.1, -0.05) is 29.8 Å². The van der Waals surface area contributed by atoms with Crippen LogP contribution < -0.4 is 10.6 Å². The maximum Gasteiger partial charge on any atom is 0.290 e. The number of benzene rings is 2. The lowest BCUT2D eigenvalue weighted by Gasteiger charge is -2.30. The van der Waals surface area contributed by atoms with Crippen LogP contribution in [0.15, 0.2) is 42.5 Å². The van der Waals surface area contributed by atoms with E-state index in [4.69, 9.17) is 26.2 Å². The van der Waals surface area contributed by atoms with Crippen LogP contribution in [0.25, 0.3) is 11.1 Å². The molecule has 2 aromatic rings. The third-order valence-corrected chi connectivity index (χ3v) is 3.89. The molecule has 3 N–H and O–H groups in total. The minimum Gasteiger partial charge on any atom is -0.483 e. The Bertz CT molecular complexity index is 714. The smallest absolute Gasteiger partial charge is 0.290 e. The Labute approximate surface area is 150 Å². The summed E-state index contributed by atoms with van der Waals surface area (Å²) in [4.78, 5) is 8.36. The highest BCUT2D eigenvalue weighted by Crippen LogP contribution is 2.27. The summed E-state index contributed by atoms with van der Waals surface area (Å²) in [5.74, 6) is -0.407. The van der Waals surface area contributed by atoms with E-state index in [1.165, 1.54) is 6.07 Å². The van der Waals surface area contributed by atoms with Gasteiger partial charge in [0.05, 0.1) is 11.1 Å². The molecule has 25 heavy (non-hydrogen) atoms. The number of rotatable bonds is 3. The van der Waals surface area contributed by atoms with Gasteiger partial charge in [-0.25, -0.2) is 4.39 Å². The van der Waals surface area contributed by atoms with Crippen molar-refractivity contribution in [3.63, 3.8) is 0 Å². The first-order valence-corrected chi connectivity index (χ1v) is 8.17. The number of carbonyl (C=O) groups is 1. The zero-order valence-corrected chi connectivity index (χ0v) is 14.5. The van der Waals surface area contributed by atoms with Crippen LogP contribution in [0.2, 0.25) is 5.02 Å². The number of halogens is 2. The van der Waals surface area contributed by atoms with Crippen LogP contribution >= 0.6 is 11.6 Å². The molecule has 0 bridgehead atoms. The molecule has 0 aliphatic carbocycles. The van der Waals surface area contributed by atoms with E-state index in [-0.39, 0.29) is 23.8 Å². The van der Waals surface area contributed by atoms with E-state index in [0.29, 0.717) is 0 Å². The fourth-order valence-corrected chi connectivity index (χ4v) is 2.71. The lowest BCUT2D eigenvalue weighted by Crippen LogP contribution is -2.46. The maximum atomic E-state index is 13.3. The quantitative estimate of drug-likeness (QED) is 0.724. The van der Waals surface area contributed by atoms with E-state index >= 15 is 0 Å². The molecule has 134 valence electrons. The van der Waals surface area contributed by atoms with Gasteiger partial charge in [-0.05, 0) is 42.3 Å². The molecule has 7 heteroatoms. The number of morpholine rings is 1. The number of hydrogen-bond acceptors (Lipinski definition) is 4. The van der Waals surface area contributed by atoms with Gasteiger partial charge in [0.2, 0.25) is 0 Å². The Morgan fingerprint density at radius 2 is 2.00 bits per heavy atom. The molecule has 1 heterocycles. The van der Waals surface area contributed by atoms with Crippen LogP contribution in [-0.2, 0) is 9.53 Å². The van der Waals surface area contributed by atoms with E-state index in [2.05, 4.69) is 10.6 Å². The Balaban J connectivity index is 0.000000701. The molecule has 0 spiro atoms. The minimum absolute atomic E-state index is 0.0594. The van der Waals surface area contributed by atoms with Crippen LogP contribution in [0.5, 0.6) is 0 Å². The van der Waals surface area contributed by atoms with Crippen molar-refractivity contribution >= 4 is 23.8 Å². The van der Waals surface area contributed by atoms with E-state index in [1.807, 2.05) is 31.2 Å². The molecule has 2 unspecified atom stereocenters. The second-order valence-electron chi connectivity index (χ2n) is 5.55. The largest absolute Gasteiger partial charge is 0.483 e. The van der Waals surface area contributed by atoms with Gasteiger partial charge >= 0.3 is 0 Å². The zero-order valence-electron chi connectivity index (χ0n) is 13.7. The summed E-state index contributed by atoms with van der Waals surface area (Å²) in [7, 11) is 0. The number of ether oxygens (including phenoxy) is 1. The fraction of sp³-hybridized carbons (Fsp3) is 0.278. The van der Waals surface area contributed by atoms with Gasteiger partial charge in [0, 0.05) is 18.8 Å². The highest BCUT2D eigenvalue weighted by Gasteiger charge is 2.18. The summed E-state index contributed by atoms with van der Waals surface area (Å²) in [5, 5.41) is 13.7. The predicted molar refractivity (Wildman–Crippen MR) is 96.4 cm³/mol. The molecular formula is C18H20ClFN2O3. The van der Waals surface area contributed by atoms with E-state index in [1.54, 1.807) is 12.1 Å². The van der Waals surface area contributed by atoms with Gasteiger partial charge in [-0.2, -0.15) is 0 Å². The Hall–Kier alpha value is -2.15. The third kappa shape index (κ3) is 5.70. The molecule has 0 aromatic heterocycles. The Kier molecular flexibility index (Phi) is 7.18. The number of nitrogens with one attached hydrogen (secondary N) is 2. The lowest BCUT2D eigenvalue weighted by atomic mass is 10.1. The Morgan fingerprint density at radius 1 is 1.28 bits per heavy atom. The normalized spacial score (nSPS) is 19.5. The van der Waals surface area contributed by atoms with Crippen molar-refractivity contribution < 1.29 is 19.0 Å². The minimum atomic E-state index is -0.407. The molecule has 3 rings (SSSR count). The van der Waals surface area contributed by atoms with Crippen molar-refractivity contribution in [2.45, 2.75) is 19.3 Å². The van der Waals surface area contributed by atoms with Gasteiger partial charge in [0.1, 0.15) is 12.0 Å². The molecule has 1 saturated heterocycles. The first-order valence-electron chi connectivity index (χ1n) is 7.79. The highest BCUT2D eigenvalue weighted by molar-refractivity contribution is 6.31. The summed E-state index contributed by atoms with van der Waals surface area (Å²) >= 11 is 5.86. The fourth-order valence-electron chi connectivity index (χ4n) is 2.53. The van der Waals surface area contributed by atoms with Crippen LogP contribution in [-0.4, -0.2) is 37.0 Å². The van der Waals surface area contributed by atoms with Crippen molar-refractivity contribution in [1.29, 1.82) is 0 Å².